The van der Waals surface area contributed by atoms with E-state index in [9.17, 15) is 14.7 Å². The van der Waals surface area contributed by atoms with Gasteiger partial charge in [0, 0.05) is 36.6 Å². The molecule has 1 fully saturated rings. The number of ketones is 1. The lowest BCUT2D eigenvalue weighted by Gasteiger charge is -2.24. The minimum atomic E-state index is -0.750. The predicted molar refractivity (Wildman–Crippen MR) is 107 cm³/mol. The summed E-state index contributed by atoms with van der Waals surface area (Å²) in [6, 6.07) is 11.7. The highest BCUT2D eigenvalue weighted by Gasteiger charge is 2.46. The number of aromatic nitrogens is 3. The average molecular weight is 388 g/mol. The Morgan fingerprint density at radius 2 is 1.97 bits per heavy atom. The van der Waals surface area contributed by atoms with Gasteiger partial charge in [-0.25, -0.2) is 4.98 Å². The number of likely N-dealkylation sites (tertiary alicyclic amines) is 1. The first-order valence-corrected chi connectivity index (χ1v) is 9.30. The third-order valence-corrected chi connectivity index (χ3v) is 5.01. The van der Waals surface area contributed by atoms with Gasteiger partial charge in [0.25, 0.3) is 11.7 Å². The van der Waals surface area contributed by atoms with Crippen molar-refractivity contribution in [2.45, 2.75) is 19.4 Å². The first-order valence-electron chi connectivity index (χ1n) is 9.30. The van der Waals surface area contributed by atoms with Crippen LogP contribution in [-0.4, -0.2) is 43.2 Å². The molecule has 2 N–H and O–H groups in total. The van der Waals surface area contributed by atoms with E-state index in [-0.39, 0.29) is 11.3 Å². The highest BCUT2D eigenvalue weighted by molar-refractivity contribution is 6.46. The van der Waals surface area contributed by atoms with Gasteiger partial charge in [0.15, 0.2) is 0 Å². The van der Waals surface area contributed by atoms with Gasteiger partial charge in [-0.3, -0.25) is 14.6 Å². The highest BCUT2D eigenvalue weighted by atomic mass is 16.3. The van der Waals surface area contributed by atoms with Crippen molar-refractivity contribution in [3.63, 3.8) is 0 Å². The fourth-order valence-corrected chi connectivity index (χ4v) is 3.49. The number of benzene rings is 1. The molecule has 1 saturated heterocycles. The van der Waals surface area contributed by atoms with Gasteiger partial charge in [0.1, 0.15) is 11.8 Å². The van der Waals surface area contributed by atoms with Gasteiger partial charge in [-0.1, -0.05) is 35.9 Å². The lowest BCUT2D eigenvalue weighted by Crippen LogP contribution is -2.32. The first-order chi connectivity index (χ1) is 14.1. The zero-order valence-corrected chi connectivity index (χ0v) is 15.9. The molecule has 146 valence electrons. The number of rotatable bonds is 5. The molecule has 0 saturated carbocycles. The molecule has 0 aliphatic carbocycles. The SMILES string of the molecule is Cc1ccc(C(O)=C2C(=O)C(=O)N(CCc3cnc[nH]3)[C@@H]2c2ccccn2)cc1. The molecule has 0 bridgehead atoms. The van der Waals surface area contributed by atoms with E-state index < -0.39 is 17.7 Å². The predicted octanol–water partition coefficient (Wildman–Crippen LogP) is 2.78. The Morgan fingerprint density at radius 1 is 1.17 bits per heavy atom. The molecule has 0 radical (unpaired) electrons. The lowest BCUT2D eigenvalue weighted by molar-refractivity contribution is -0.139. The fourth-order valence-electron chi connectivity index (χ4n) is 3.49. The normalized spacial score (nSPS) is 18.4. The van der Waals surface area contributed by atoms with Crippen LogP contribution in [0.15, 0.2) is 66.8 Å². The molecule has 1 amide bonds. The largest absolute Gasteiger partial charge is 0.507 e. The van der Waals surface area contributed by atoms with Crippen LogP contribution in [0, 0.1) is 6.92 Å². The summed E-state index contributed by atoms with van der Waals surface area (Å²) < 4.78 is 0. The van der Waals surface area contributed by atoms with Crippen LogP contribution in [0.2, 0.25) is 0 Å². The Bertz CT molecular complexity index is 1060. The van der Waals surface area contributed by atoms with Gasteiger partial charge in [-0.15, -0.1) is 0 Å². The van der Waals surface area contributed by atoms with Crippen molar-refractivity contribution in [3.8, 4) is 0 Å². The van der Waals surface area contributed by atoms with Crippen molar-refractivity contribution < 1.29 is 14.7 Å². The Morgan fingerprint density at radius 3 is 2.62 bits per heavy atom. The molecular weight excluding hydrogens is 368 g/mol. The number of nitrogens with zero attached hydrogens (tertiary/aromatic N) is 3. The van der Waals surface area contributed by atoms with Crippen molar-refractivity contribution >= 4 is 17.4 Å². The van der Waals surface area contributed by atoms with Crippen molar-refractivity contribution in [2.24, 2.45) is 0 Å². The second-order valence-electron chi connectivity index (χ2n) is 6.94. The zero-order valence-electron chi connectivity index (χ0n) is 15.9. The molecule has 1 aliphatic rings. The third kappa shape index (κ3) is 3.54. The summed E-state index contributed by atoms with van der Waals surface area (Å²) in [6.07, 6.45) is 5.35. The number of aryl methyl sites for hydroxylation is 1. The molecule has 1 atom stereocenters. The summed E-state index contributed by atoms with van der Waals surface area (Å²) >= 11 is 0. The fraction of sp³-hybridized carbons (Fsp3) is 0.182. The molecule has 29 heavy (non-hydrogen) atoms. The molecule has 0 spiro atoms. The highest BCUT2D eigenvalue weighted by Crippen LogP contribution is 2.38. The number of amides is 1. The number of hydrogen-bond donors (Lipinski definition) is 2. The van der Waals surface area contributed by atoms with Gasteiger partial charge < -0.3 is 15.0 Å². The lowest BCUT2D eigenvalue weighted by atomic mass is 9.98. The minimum Gasteiger partial charge on any atom is -0.507 e. The Balaban J connectivity index is 1.78. The first kappa shape index (κ1) is 18.6. The van der Waals surface area contributed by atoms with E-state index in [2.05, 4.69) is 15.0 Å². The molecule has 2 aromatic heterocycles. The van der Waals surface area contributed by atoms with Crippen molar-refractivity contribution in [1.82, 2.24) is 19.9 Å². The topological polar surface area (TPSA) is 99.2 Å². The molecule has 0 unspecified atom stereocenters. The van der Waals surface area contributed by atoms with Gasteiger partial charge in [-0.2, -0.15) is 0 Å². The number of nitrogens with one attached hydrogen (secondary N) is 1. The Labute approximate surface area is 167 Å². The smallest absolute Gasteiger partial charge is 0.295 e. The van der Waals surface area contributed by atoms with E-state index in [1.165, 1.54) is 4.90 Å². The molecular formula is C22H20N4O3. The average Bonchev–Trinajstić information content (AvgIpc) is 3.34. The Kier molecular flexibility index (Phi) is 4.95. The quantitative estimate of drug-likeness (QED) is 0.398. The maximum Gasteiger partial charge on any atom is 0.295 e. The number of carbonyl (C=O) groups is 2. The number of carbonyl (C=O) groups excluding carboxylic acids is 2. The van der Waals surface area contributed by atoms with Crippen LogP contribution in [0.4, 0.5) is 0 Å². The summed E-state index contributed by atoms with van der Waals surface area (Å²) in [5, 5.41) is 10.9. The van der Waals surface area contributed by atoms with Crippen LogP contribution in [0.25, 0.3) is 5.76 Å². The third-order valence-electron chi connectivity index (χ3n) is 5.01. The van der Waals surface area contributed by atoms with E-state index in [1.807, 2.05) is 19.1 Å². The molecule has 1 aliphatic heterocycles. The van der Waals surface area contributed by atoms with Crippen LogP contribution in [0.3, 0.4) is 0 Å². The summed E-state index contributed by atoms with van der Waals surface area (Å²) in [4.78, 5) is 38.5. The van der Waals surface area contributed by atoms with Crippen LogP contribution >= 0.6 is 0 Å². The molecule has 7 nitrogen and oxygen atoms in total. The maximum atomic E-state index is 12.9. The molecule has 1 aromatic carbocycles. The minimum absolute atomic E-state index is 0.0576. The monoisotopic (exact) mass is 388 g/mol. The molecule has 3 heterocycles. The van der Waals surface area contributed by atoms with E-state index in [4.69, 9.17) is 0 Å². The zero-order chi connectivity index (χ0) is 20.4. The second kappa shape index (κ2) is 7.71. The number of aliphatic hydroxyl groups is 1. The van der Waals surface area contributed by atoms with Gasteiger partial charge in [0.2, 0.25) is 0 Å². The number of H-pyrrole nitrogens is 1. The second-order valence-corrected chi connectivity index (χ2v) is 6.94. The number of aliphatic hydroxyl groups excluding tert-OH is 1. The summed E-state index contributed by atoms with van der Waals surface area (Å²) in [5.74, 6) is -1.54. The van der Waals surface area contributed by atoms with Crippen molar-refractivity contribution in [2.75, 3.05) is 6.54 Å². The van der Waals surface area contributed by atoms with Gasteiger partial charge in [0.05, 0.1) is 17.6 Å². The van der Waals surface area contributed by atoms with Crippen LogP contribution in [0.5, 0.6) is 0 Å². The van der Waals surface area contributed by atoms with Crippen LogP contribution < -0.4 is 0 Å². The Hall–Kier alpha value is -3.74. The van der Waals surface area contributed by atoms with Crippen LogP contribution in [0.1, 0.15) is 28.6 Å². The van der Waals surface area contributed by atoms with E-state index in [1.54, 1.807) is 49.1 Å². The molecule has 3 aromatic rings. The number of imidazole rings is 1. The van der Waals surface area contributed by atoms with E-state index in [0.29, 0.717) is 24.2 Å². The summed E-state index contributed by atoms with van der Waals surface area (Å²) in [5.41, 5.74) is 2.96. The molecule has 4 rings (SSSR count). The van der Waals surface area contributed by atoms with E-state index in [0.717, 1.165) is 11.3 Å². The standard InChI is InChI=1S/C22H20N4O3/c1-14-5-7-15(8-6-14)20(27)18-19(17-4-2-3-10-24-17)26(22(29)21(18)28)11-9-16-12-23-13-25-16/h2-8,10,12-13,19,27H,9,11H2,1H3,(H,23,25)/t19-/m1/s1. The number of aromatic amines is 1. The summed E-state index contributed by atoms with van der Waals surface area (Å²) in [6.45, 7) is 2.23. The number of Topliss-reactive ketones (excluding diaryl/α,β-unsaturated/α-hetero) is 1. The van der Waals surface area contributed by atoms with Gasteiger partial charge >= 0.3 is 0 Å². The van der Waals surface area contributed by atoms with E-state index >= 15 is 0 Å². The van der Waals surface area contributed by atoms with Gasteiger partial charge in [-0.05, 0) is 19.1 Å². The van der Waals surface area contributed by atoms with Crippen molar-refractivity contribution in [3.05, 3.63) is 89.3 Å². The number of pyridine rings is 1. The molecule has 7 heteroatoms. The number of hydrogen-bond acceptors (Lipinski definition) is 5. The van der Waals surface area contributed by atoms with Crippen LogP contribution in [-0.2, 0) is 16.0 Å². The van der Waals surface area contributed by atoms with Crippen molar-refractivity contribution in [1.29, 1.82) is 0 Å². The maximum absolute atomic E-state index is 12.9. The summed E-state index contributed by atoms with van der Waals surface area (Å²) in [7, 11) is 0.